The van der Waals surface area contributed by atoms with Crippen molar-refractivity contribution >= 4 is 0 Å². The lowest BCUT2D eigenvalue weighted by atomic mass is 9.43. The minimum Gasteiger partial charge on any atom is -0.0876 e. The fourth-order valence-electron chi connectivity index (χ4n) is 4.61. The van der Waals surface area contributed by atoms with Crippen molar-refractivity contribution in [2.45, 2.75) is 44.9 Å². The van der Waals surface area contributed by atoms with Crippen LogP contribution in [0.3, 0.4) is 0 Å². The van der Waals surface area contributed by atoms with Gasteiger partial charge in [0, 0.05) is 10.8 Å². The largest absolute Gasteiger partial charge is 0.0876 e. The molecule has 18 heavy (non-hydrogen) atoms. The molecule has 0 saturated carbocycles. The lowest BCUT2D eigenvalue weighted by Gasteiger charge is -2.60. The first-order chi connectivity index (χ1) is 8.69. The van der Waals surface area contributed by atoms with E-state index in [9.17, 15) is 0 Å². The van der Waals surface area contributed by atoms with Gasteiger partial charge in [-0.3, -0.25) is 0 Å². The number of benzene rings is 1. The van der Waals surface area contributed by atoms with E-state index in [1.54, 1.807) is 11.1 Å². The SMILES string of the molecule is Cc1ccc(C)c2c1CCC13C=CC21CC=CC3. The standard InChI is InChI=1S/C18H20/c1-13-5-6-14(2)16-15(13)7-10-17-8-3-4-9-18(16,17)12-11-17/h3-6,11-12H,7-10H2,1-2H3. The summed E-state index contributed by atoms with van der Waals surface area (Å²) in [6.07, 6.45) is 14.9. The fourth-order valence-corrected chi connectivity index (χ4v) is 4.61. The summed E-state index contributed by atoms with van der Waals surface area (Å²) in [5.74, 6) is 0. The Labute approximate surface area is 109 Å². The number of hydrogen-bond acceptors (Lipinski definition) is 0. The molecule has 0 heteroatoms. The number of allylic oxidation sites excluding steroid dienone is 4. The van der Waals surface area contributed by atoms with E-state index in [1.807, 2.05) is 0 Å². The third-order valence-corrected chi connectivity index (χ3v) is 5.69. The van der Waals surface area contributed by atoms with E-state index in [0.717, 1.165) is 0 Å². The Morgan fingerprint density at radius 1 is 0.944 bits per heavy atom. The van der Waals surface area contributed by atoms with Gasteiger partial charge in [0.05, 0.1) is 0 Å². The maximum atomic E-state index is 2.50. The van der Waals surface area contributed by atoms with E-state index >= 15 is 0 Å². The van der Waals surface area contributed by atoms with Crippen LogP contribution < -0.4 is 0 Å². The summed E-state index contributed by atoms with van der Waals surface area (Å²) in [6.45, 7) is 4.58. The van der Waals surface area contributed by atoms with E-state index in [0.29, 0.717) is 10.8 Å². The van der Waals surface area contributed by atoms with Crippen molar-refractivity contribution in [2.24, 2.45) is 5.41 Å². The first-order valence-electron chi connectivity index (χ1n) is 7.14. The van der Waals surface area contributed by atoms with Crippen LogP contribution in [0.15, 0.2) is 36.4 Å². The zero-order valence-corrected chi connectivity index (χ0v) is 11.3. The van der Waals surface area contributed by atoms with E-state index in [-0.39, 0.29) is 0 Å². The molecule has 1 aromatic rings. The number of fused-ring (bicyclic) bond motifs is 1. The summed E-state index contributed by atoms with van der Waals surface area (Å²) >= 11 is 0. The third kappa shape index (κ3) is 0.993. The van der Waals surface area contributed by atoms with E-state index < -0.39 is 0 Å². The molecule has 0 heterocycles. The van der Waals surface area contributed by atoms with Crippen molar-refractivity contribution in [3.05, 3.63) is 58.7 Å². The maximum absolute atomic E-state index is 2.50. The zero-order valence-electron chi connectivity index (χ0n) is 11.3. The van der Waals surface area contributed by atoms with Gasteiger partial charge in [-0.05, 0) is 61.8 Å². The highest BCUT2D eigenvalue weighted by Crippen LogP contribution is 2.64. The Kier molecular flexibility index (Phi) is 1.87. The van der Waals surface area contributed by atoms with Crippen LogP contribution in [-0.4, -0.2) is 0 Å². The van der Waals surface area contributed by atoms with Crippen LogP contribution in [-0.2, 0) is 11.8 Å². The molecule has 3 aliphatic rings. The average Bonchev–Trinajstić information content (AvgIpc) is 2.36. The van der Waals surface area contributed by atoms with Gasteiger partial charge in [0.25, 0.3) is 0 Å². The van der Waals surface area contributed by atoms with Gasteiger partial charge < -0.3 is 0 Å². The Bertz CT molecular complexity index is 590. The Hall–Kier alpha value is -1.30. The molecule has 0 aliphatic heterocycles. The molecule has 0 amide bonds. The number of aryl methyl sites for hydroxylation is 2. The summed E-state index contributed by atoms with van der Waals surface area (Å²) in [4.78, 5) is 0. The van der Waals surface area contributed by atoms with Gasteiger partial charge in [-0.25, -0.2) is 0 Å². The second-order valence-corrected chi connectivity index (χ2v) is 6.39. The summed E-state index contributed by atoms with van der Waals surface area (Å²) in [5.41, 5.74) is 7.09. The normalized spacial score (nSPS) is 35.4. The maximum Gasteiger partial charge on any atom is 0.0266 e. The molecule has 3 aliphatic carbocycles. The average molecular weight is 236 g/mol. The second kappa shape index (κ2) is 3.17. The van der Waals surface area contributed by atoms with Crippen LogP contribution in [0.1, 0.15) is 41.5 Å². The molecule has 0 fully saturated rings. The summed E-state index contributed by atoms with van der Waals surface area (Å²) in [5, 5.41) is 0. The van der Waals surface area contributed by atoms with Crippen molar-refractivity contribution in [3.8, 4) is 0 Å². The molecule has 92 valence electrons. The smallest absolute Gasteiger partial charge is 0.0266 e. The highest BCUT2D eigenvalue weighted by atomic mass is 14.6. The van der Waals surface area contributed by atoms with E-state index in [2.05, 4.69) is 50.3 Å². The minimum absolute atomic E-state index is 0.339. The Balaban J connectivity index is 2.04. The van der Waals surface area contributed by atoms with Crippen molar-refractivity contribution in [1.29, 1.82) is 0 Å². The van der Waals surface area contributed by atoms with Gasteiger partial charge in [-0.1, -0.05) is 36.4 Å². The summed E-state index contributed by atoms with van der Waals surface area (Å²) < 4.78 is 0. The molecule has 4 rings (SSSR count). The molecule has 2 atom stereocenters. The molecule has 1 aromatic carbocycles. The molecule has 0 radical (unpaired) electrons. The van der Waals surface area contributed by atoms with Crippen LogP contribution in [0.2, 0.25) is 0 Å². The van der Waals surface area contributed by atoms with Gasteiger partial charge in [0.1, 0.15) is 0 Å². The Morgan fingerprint density at radius 3 is 2.50 bits per heavy atom. The molecular formula is C18H20. The highest BCUT2D eigenvalue weighted by molar-refractivity contribution is 5.57. The van der Waals surface area contributed by atoms with Crippen molar-refractivity contribution in [1.82, 2.24) is 0 Å². The summed E-state index contributed by atoms with van der Waals surface area (Å²) in [7, 11) is 0. The van der Waals surface area contributed by atoms with E-state index in [1.165, 1.54) is 36.8 Å². The zero-order chi connectivity index (χ0) is 12.4. The third-order valence-electron chi connectivity index (χ3n) is 5.69. The minimum atomic E-state index is 0.339. The van der Waals surface area contributed by atoms with Gasteiger partial charge >= 0.3 is 0 Å². The van der Waals surface area contributed by atoms with Gasteiger partial charge in [-0.2, -0.15) is 0 Å². The molecule has 0 aromatic heterocycles. The van der Waals surface area contributed by atoms with Crippen LogP contribution in [0.5, 0.6) is 0 Å². The van der Waals surface area contributed by atoms with Gasteiger partial charge in [0.15, 0.2) is 0 Å². The molecule has 0 saturated heterocycles. The monoisotopic (exact) mass is 236 g/mol. The predicted octanol–water partition coefficient (Wildman–Crippen LogP) is 4.39. The van der Waals surface area contributed by atoms with Crippen LogP contribution in [0, 0.1) is 19.3 Å². The molecule has 0 N–H and O–H groups in total. The Morgan fingerprint density at radius 2 is 1.72 bits per heavy atom. The van der Waals surface area contributed by atoms with E-state index in [4.69, 9.17) is 0 Å². The number of hydrogen-bond donors (Lipinski definition) is 0. The van der Waals surface area contributed by atoms with Crippen molar-refractivity contribution in [2.75, 3.05) is 0 Å². The van der Waals surface area contributed by atoms with Crippen molar-refractivity contribution in [3.63, 3.8) is 0 Å². The molecular weight excluding hydrogens is 216 g/mol. The highest BCUT2D eigenvalue weighted by Gasteiger charge is 2.57. The number of rotatable bonds is 0. The van der Waals surface area contributed by atoms with Crippen LogP contribution in [0.25, 0.3) is 0 Å². The molecule has 0 bridgehead atoms. The molecule has 0 nitrogen and oxygen atoms in total. The van der Waals surface area contributed by atoms with Gasteiger partial charge in [0.2, 0.25) is 0 Å². The fraction of sp³-hybridized carbons (Fsp3) is 0.444. The summed E-state index contributed by atoms with van der Waals surface area (Å²) in [6, 6.07) is 4.63. The van der Waals surface area contributed by atoms with Crippen LogP contribution >= 0.6 is 0 Å². The quantitative estimate of drug-likeness (QED) is 0.586. The molecule has 0 spiro atoms. The molecule has 2 unspecified atom stereocenters. The van der Waals surface area contributed by atoms with Crippen molar-refractivity contribution < 1.29 is 0 Å². The lowest BCUT2D eigenvalue weighted by Crippen LogP contribution is -2.53. The lowest BCUT2D eigenvalue weighted by molar-refractivity contribution is 0.146. The second-order valence-electron chi connectivity index (χ2n) is 6.39. The van der Waals surface area contributed by atoms with Crippen LogP contribution in [0.4, 0.5) is 0 Å². The first kappa shape index (κ1) is 10.6. The predicted molar refractivity (Wildman–Crippen MR) is 75.9 cm³/mol. The topological polar surface area (TPSA) is 0 Å². The first-order valence-corrected chi connectivity index (χ1v) is 7.14. The van der Waals surface area contributed by atoms with Gasteiger partial charge in [-0.15, -0.1) is 0 Å².